The number of carbonyl (C=O) groups excluding carboxylic acids is 2. The average molecular weight is 254 g/mol. The van der Waals surface area contributed by atoms with Gasteiger partial charge in [0.15, 0.2) is 0 Å². The van der Waals surface area contributed by atoms with Gasteiger partial charge in [-0.05, 0) is 13.8 Å². The lowest BCUT2D eigenvalue weighted by Crippen LogP contribution is -2.47. The molecule has 0 fully saturated rings. The maximum absolute atomic E-state index is 11.7. The number of nitrogens with one attached hydrogen (secondary N) is 1. The van der Waals surface area contributed by atoms with Gasteiger partial charge < -0.3 is 16.8 Å². The van der Waals surface area contributed by atoms with E-state index in [1.165, 1.54) is 4.68 Å². The van der Waals surface area contributed by atoms with Gasteiger partial charge in [0.25, 0.3) is 0 Å². The number of rotatable bonds is 6. The van der Waals surface area contributed by atoms with E-state index in [9.17, 15) is 9.59 Å². The van der Waals surface area contributed by atoms with Crippen molar-refractivity contribution in [3.8, 4) is 0 Å². The molecule has 100 valence electrons. The SMILES string of the molecule is CC(C)(CC(N)=O)NC(=O)Cn1cc(CN)nn1. The molecule has 0 saturated heterocycles. The van der Waals surface area contributed by atoms with Gasteiger partial charge in [-0.25, -0.2) is 4.68 Å². The molecule has 0 bridgehead atoms. The van der Waals surface area contributed by atoms with Gasteiger partial charge in [-0.1, -0.05) is 5.21 Å². The second-order valence-corrected chi connectivity index (χ2v) is 4.69. The van der Waals surface area contributed by atoms with Crippen LogP contribution < -0.4 is 16.8 Å². The van der Waals surface area contributed by atoms with E-state index in [4.69, 9.17) is 11.5 Å². The van der Waals surface area contributed by atoms with E-state index in [-0.39, 0.29) is 25.4 Å². The lowest BCUT2D eigenvalue weighted by atomic mass is 10.0. The van der Waals surface area contributed by atoms with Crippen LogP contribution in [-0.4, -0.2) is 32.3 Å². The summed E-state index contributed by atoms with van der Waals surface area (Å²) in [7, 11) is 0. The number of nitrogens with two attached hydrogens (primary N) is 2. The maximum Gasteiger partial charge on any atom is 0.242 e. The predicted molar refractivity (Wildman–Crippen MR) is 63.9 cm³/mol. The van der Waals surface area contributed by atoms with E-state index in [0.29, 0.717) is 5.69 Å². The minimum Gasteiger partial charge on any atom is -0.370 e. The summed E-state index contributed by atoms with van der Waals surface area (Å²) in [5.74, 6) is -0.735. The minimum atomic E-state index is -0.680. The third-order valence-corrected chi connectivity index (χ3v) is 2.19. The predicted octanol–water partition coefficient (Wildman–Crippen LogP) is -1.49. The summed E-state index contributed by atoms with van der Waals surface area (Å²) in [6, 6.07) is 0. The van der Waals surface area contributed by atoms with Gasteiger partial charge in [0.05, 0.1) is 11.9 Å². The lowest BCUT2D eigenvalue weighted by molar-refractivity contribution is -0.124. The molecular weight excluding hydrogens is 236 g/mol. The Hall–Kier alpha value is -1.96. The summed E-state index contributed by atoms with van der Waals surface area (Å²) >= 11 is 0. The van der Waals surface area contributed by atoms with Crippen molar-refractivity contribution in [3.63, 3.8) is 0 Å². The van der Waals surface area contributed by atoms with Crippen LogP contribution in [0, 0.1) is 0 Å². The molecule has 8 nitrogen and oxygen atoms in total. The van der Waals surface area contributed by atoms with Crippen LogP contribution in [0.15, 0.2) is 6.20 Å². The van der Waals surface area contributed by atoms with Crippen molar-refractivity contribution in [2.45, 2.75) is 38.9 Å². The van der Waals surface area contributed by atoms with Crippen LogP contribution >= 0.6 is 0 Å². The first kappa shape index (κ1) is 14.1. The molecule has 1 aromatic heterocycles. The zero-order valence-electron chi connectivity index (χ0n) is 10.5. The number of hydrogen-bond donors (Lipinski definition) is 3. The molecule has 0 atom stereocenters. The van der Waals surface area contributed by atoms with E-state index >= 15 is 0 Å². The molecule has 5 N–H and O–H groups in total. The molecule has 0 aliphatic heterocycles. The Morgan fingerprint density at radius 3 is 2.67 bits per heavy atom. The van der Waals surface area contributed by atoms with Gasteiger partial charge >= 0.3 is 0 Å². The van der Waals surface area contributed by atoms with Crippen LogP contribution in [0.4, 0.5) is 0 Å². The Bertz CT molecular complexity index is 439. The first-order valence-electron chi connectivity index (χ1n) is 5.51. The van der Waals surface area contributed by atoms with Gasteiger partial charge in [0.2, 0.25) is 11.8 Å². The third kappa shape index (κ3) is 4.50. The molecule has 0 aliphatic carbocycles. The van der Waals surface area contributed by atoms with E-state index in [1.807, 2.05) is 0 Å². The number of aromatic nitrogens is 3. The lowest BCUT2D eigenvalue weighted by Gasteiger charge is -2.24. The molecule has 0 saturated carbocycles. The van der Waals surface area contributed by atoms with Crippen molar-refractivity contribution in [2.24, 2.45) is 11.5 Å². The first-order valence-corrected chi connectivity index (χ1v) is 5.51. The smallest absolute Gasteiger partial charge is 0.242 e. The molecule has 0 aliphatic rings. The number of hydrogen-bond acceptors (Lipinski definition) is 5. The highest BCUT2D eigenvalue weighted by Crippen LogP contribution is 2.07. The molecule has 1 rings (SSSR count). The van der Waals surface area contributed by atoms with E-state index < -0.39 is 11.4 Å². The topological polar surface area (TPSA) is 129 Å². The van der Waals surface area contributed by atoms with Crippen LogP contribution in [0.3, 0.4) is 0 Å². The van der Waals surface area contributed by atoms with Crippen LogP contribution in [-0.2, 0) is 22.7 Å². The molecule has 0 aromatic carbocycles. The second-order valence-electron chi connectivity index (χ2n) is 4.69. The zero-order valence-corrected chi connectivity index (χ0v) is 10.5. The summed E-state index contributed by atoms with van der Waals surface area (Å²) in [4.78, 5) is 22.6. The van der Waals surface area contributed by atoms with Gasteiger partial charge in [-0.15, -0.1) is 5.10 Å². The fourth-order valence-corrected chi connectivity index (χ4v) is 1.55. The molecule has 18 heavy (non-hydrogen) atoms. The quantitative estimate of drug-likeness (QED) is 0.569. The molecular formula is C10H18N6O2. The average Bonchev–Trinajstić information content (AvgIpc) is 2.61. The van der Waals surface area contributed by atoms with Crippen LogP contribution in [0.2, 0.25) is 0 Å². The van der Waals surface area contributed by atoms with Crippen molar-refractivity contribution in [1.82, 2.24) is 20.3 Å². The molecule has 0 radical (unpaired) electrons. The number of carbonyl (C=O) groups is 2. The van der Waals surface area contributed by atoms with Crippen molar-refractivity contribution < 1.29 is 9.59 Å². The Kier molecular flexibility index (Phi) is 4.38. The fraction of sp³-hybridized carbons (Fsp3) is 0.600. The van der Waals surface area contributed by atoms with E-state index in [1.54, 1.807) is 20.0 Å². The second kappa shape index (κ2) is 5.58. The van der Waals surface area contributed by atoms with Crippen molar-refractivity contribution in [3.05, 3.63) is 11.9 Å². The molecule has 0 spiro atoms. The highest BCUT2D eigenvalue weighted by molar-refractivity contribution is 5.79. The molecule has 8 heteroatoms. The van der Waals surface area contributed by atoms with Crippen molar-refractivity contribution in [1.29, 1.82) is 0 Å². The van der Waals surface area contributed by atoms with Crippen LogP contribution in [0.25, 0.3) is 0 Å². The Labute approximate surface area is 105 Å². The first-order chi connectivity index (χ1) is 8.32. The largest absolute Gasteiger partial charge is 0.370 e. The Morgan fingerprint density at radius 1 is 1.50 bits per heavy atom. The summed E-state index contributed by atoms with van der Waals surface area (Å²) in [6.45, 7) is 3.74. The third-order valence-electron chi connectivity index (χ3n) is 2.19. The molecule has 0 unspecified atom stereocenters. The molecule has 1 heterocycles. The normalized spacial score (nSPS) is 11.3. The standard InChI is InChI=1S/C10H18N6O2/c1-10(2,3-8(12)17)13-9(18)6-16-5-7(4-11)14-15-16/h5H,3-4,6,11H2,1-2H3,(H2,12,17)(H,13,18). The van der Waals surface area contributed by atoms with E-state index in [2.05, 4.69) is 15.6 Å². The maximum atomic E-state index is 11.7. The van der Waals surface area contributed by atoms with Crippen molar-refractivity contribution in [2.75, 3.05) is 0 Å². The number of amides is 2. The summed E-state index contributed by atoms with van der Waals surface area (Å²) in [5, 5.41) is 10.2. The highest BCUT2D eigenvalue weighted by Gasteiger charge is 2.23. The summed E-state index contributed by atoms with van der Waals surface area (Å²) < 4.78 is 1.39. The van der Waals surface area contributed by atoms with Crippen LogP contribution in [0.5, 0.6) is 0 Å². The van der Waals surface area contributed by atoms with Crippen molar-refractivity contribution >= 4 is 11.8 Å². The van der Waals surface area contributed by atoms with E-state index in [0.717, 1.165) is 0 Å². The van der Waals surface area contributed by atoms with Gasteiger partial charge in [0, 0.05) is 18.5 Å². The number of nitrogens with zero attached hydrogens (tertiary/aromatic N) is 3. The molecule has 1 aromatic rings. The van der Waals surface area contributed by atoms with Crippen LogP contribution in [0.1, 0.15) is 26.0 Å². The zero-order chi connectivity index (χ0) is 13.8. The van der Waals surface area contributed by atoms with Gasteiger partial charge in [0.1, 0.15) is 6.54 Å². The summed E-state index contributed by atoms with van der Waals surface area (Å²) in [6.07, 6.45) is 1.67. The number of primary amides is 1. The molecule has 2 amide bonds. The highest BCUT2D eigenvalue weighted by atomic mass is 16.2. The Balaban J connectivity index is 2.53. The fourth-order valence-electron chi connectivity index (χ4n) is 1.55. The minimum absolute atomic E-state index is 0.0230. The Morgan fingerprint density at radius 2 is 2.17 bits per heavy atom. The monoisotopic (exact) mass is 254 g/mol. The summed E-state index contributed by atoms with van der Waals surface area (Å²) in [5.41, 5.74) is 10.4. The van der Waals surface area contributed by atoms with Gasteiger partial charge in [-0.2, -0.15) is 0 Å². The van der Waals surface area contributed by atoms with Gasteiger partial charge in [-0.3, -0.25) is 9.59 Å².